The monoisotopic (exact) mass is 330 g/mol. The molecule has 0 saturated carbocycles. The molecule has 1 heterocycles. The predicted octanol–water partition coefficient (Wildman–Crippen LogP) is 4.47. The van der Waals surface area contributed by atoms with Gasteiger partial charge in [0, 0.05) is 5.69 Å². The van der Waals surface area contributed by atoms with Gasteiger partial charge < -0.3 is 10.1 Å². The zero-order valence-electron chi connectivity index (χ0n) is 13.8. The van der Waals surface area contributed by atoms with Gasteiger partial charge in [-0.1, -0.05) is 54.6 Å². The Morgan fingerprint density at radius 1 is 0.880 bits per heavy atom. The Balaban J connectivity index is 1.90. The van der Waals surface area contributed by atoms with E-state index in [1.54, 1.807) is 12.0 Å². The molecule has 1 aliphatic heterocycles. The normalized spacial score (nSPS) is 16.1. The number of benzene rings is 3. The number of carbonyl (C=O) groups excluding carboxylic acids is 1. The topological polar surface area (TPSA) is 41.6 Å². The van der Waals surface area contributed by atoms with Crippen LogP contribution in [-0.2, 0) is 0 Å². The van der Waals surface area contributed by atoms with Crippen LogP contribution in [0, 0.1) is 0 Å². The van der Waals surface area contributed by atoms with E-state index in [1.165, 1.54) is 0 Å². The standard InChI is InChI=1S/C21H18N2O2/c1-25-19-14-8-7-13-18(19)23-20(15-9-3-2-4-10-15)22-17-12-6-5-11-16(17)21(23)24/h2-14,20,22H,1H3. The van der Waals surface area contributed by atoms with Crippen molar-refractivity contribution in [3.8, 4) is 5.75 Å². The van der Waals surface area contributed by atoms with E-state index in [1.807, 2.05) is 78.9 Å². The van der Waals surface area contributed by atoms with Crippen LogP contribution in [0.25, 0.3) is 0 Å². The summed E-state index contributed by atoms with van der Waals surface area (Å²) in [4.78, 5) is 15.1. The maximum atomic E-state index is 13.3. The Morgan fingerprint density at radius 3 is 2.36 bits per heavy atom. The van der Waals surface area contributed by atoms with Gasteiger partial charge in [-0.3, -0.25) is 9.69 Å². The van der Waals surface area contributed by atoms with Gasteiger partial charge in [-0.05, 0) is 29.8 Å². The van der Waals surface area contributed by atoms with E-state index < -0.39 is 0 Å². The Labute approximate surface area is 146 Å². The van der Waals surface area contributed by atoms with Crippen LogP contribution in [0.4, 0.5) is 11.4 Å². The van der Waals surface area contributed by atoms with Crippen molar-refractivity contribution in [1.29, 1.82) is 0 Å². The molecule has 4 heteroatoms. The first-order valence-electron chi connectivity index (χ1n) is 8.16. The molecule has 0 aromatic heterocycles. The van der Waals surface area contributed by atoms with Gasteiger partial charge in [-0.2, -0.15) is 0 Å². The molecule has 0 radical (unpaired) electrons. The molecular weight excluding hydrogens is 312 g/mol. The number of nitrogens with one attached hydrogen (secondary N) is 1. The summed E-state index contributed by atoms with van der Waals surface area (Å²) in [6.07, 6.45) is -0.306. The Hall–Kier alpha value is -3.27. The lowest BCUT2D eigenvalue weighted by atomic mass is 10.0. The number of carbonyl (C=O) groups is 1. The van der Waals surface area contributed by atoms with E-state index >= 15 is 0 Å². The van der Waals surface area contributed by atoms with Crippen molar-refractivity contribution < 1.29 is 9.53 Å². The Kier molecular flexibility index (Phi) is 3.86. The van der Waals surface area contributed by atoms with E-state index in [0.717, 1.165) is 16.9 Å². The molecule has 0 fully saturated rings. The SMILES string of the molecule is COc1ccccc1N1C(=O)c2ccccc2NC1c1ccccc1. The number of methoxy groups -OCH3 is 1. The molecule has 4 rings (SSSR count). The average molecular weight is 330 g/mol. The summed E-state index contributed by atoms with van der Waals surface area (Å²) >= 11 is 0. The molecule has 0 spiro atoms. The minimum Gasteiger partial charge on any atom is -0.495 e. The van der Waals surface area contributed by atoms with Crippen LogP contribution in [0.2, 0.25) is 0 Å². The van der Waals surface area contributed by atoms with E-state index in [0.29, 0.717) is 11.3 Å². The summed E-state index contributed by atoms with van der Waals surface area (Å²) in [6, 6.07) is 25.1. The third-order valence-corrected chi connectivity index (χ3v) is 4.39. The highest BCUT2D eigenvalue weighted by molar-refractivity contribution is 6.12. The number of nitrogens with zero attached hydrogens (tertiary/aromatic N) is 1. The van der Waals surface area contributed by atoms with Gasteiger partial charge >= 0.3 is 0 Å². The maximum absolute atomic E-state index is 13.3. The lowest BCUT2D eigenvalue weighted by molar-refractivity contribution is 0.0974. The van der Waals surface area contributed by atoms with Gasteiger partial charge in [0.25, 0.3) is 5.91 Å². The van der Waals surface area contributed by atoms with Gasteiger partial charge in [-0.25, -0.2) is 0 Å². The number of anilines is 2. The molecule has 124 valence electrons. The number of ether oxygens (including phenoxy) is 1. The number of para-hydroxylation sites is 3. The van der Waals surface area contributed by atoms with Crippen LogP contribution in [0.3, 0.4) is 0 Å². The van der Waals surface area contributed by atoms with Gasteiger partial charge in [0.1, 0.15) is 11.9 Å². The second-order valence-electron chi connectivity index (χ2n) is 5.85. The van der Waals surface area contributed by atoms with Crippen molar-refractivity contribution >= 4 is 17.3 Å². The van der Waals surface area contributed by atoms with E-state index in [4.69, 9.17) is 4.74 Å². The third kappa shape index (κ3) is 2.62. The fourth-order valence-corrected chi connectivity index (χ4v) is 3.20. The predicted molar refractivity (Wildman–Crippen MR) is 99.1 cm³/mol. The minimum atomic E-state index is -0.306. The number of fused-ring (bicyclic) bond motifs is 1. The van der Waals surface area contributed by atoms with E-state index in [9.17, 15) is 4.79 Å². The zero-order valence-corrected chi connectivity index (χ0v) is 13.8. The van der Waals surface area contributed by atoms with Gasteiger partial charge in [0.15, 0.2) is 0 Å². The summed E-state index contributed by atoms with van der Waals surface area (Å²) < 4.78 is 5.50. The number of amides is 1. The van der Waals surface area contributed by atoms with Crippen molar-refractivity contribution in [3.05, 3.63) is 90.0 Å². The van der Waals surface area contributed by atoms with Crippen molar-refractivity contribution in [2.45, 2.75) is 6.17 Å². The highest BCUT2D eigenvalue weighted by atomic mass is 16.5. The van der Waals surface area contributed by atoms with Crippen LogP contribution in [0.15, 0.2) is 78.9 Å². The fourth-order valence-electron chi connectivity index (χ4n) is 3.20. The summed E-state index contributed by atoms with van der Waals surface area (Å²) in [5, 5.41) is 3.49. The quantitative estimate of drug-likeness (QED) is 0.770. The van der Waals surface area contributed by atoms with Crippen molar-refractivity contribution in [1.82, 2.24) is 0 Å². The second-order valence-corrected chi connectivity index (χ2v) is 5.85. The van der Waals surface area contributed by atoms with Crippen LogP contribution in [0.1, 0.15) is 22.1 Å². The van der Waals surface area contributed by atoms with E-state index in [2.05, 4.69) is 5.32 Å². The smallest absolute Gasteiger partial charge is 0.262 e. The summed E-state index contributed by atoms with van der Waals surface area (Å²) in [6.45, 7) is 0. The summed E-state index contributed by atoms with van der Waals surface area (Å²) in [5.74, 6) is 0.616. The van der Waals surface area contributed by atoms with Crippen molar-refractivity contribution in [2.24, 2.45) is 0 Å². The van der Waals surface area contributed by atoms with Crippen LogP contribution in [0.5, 0.6) is 5.75 Å². The maximum Gasteiger partial charge on any atom is 0.262 e. The zero-order chi connectivity index (χ0) is 17.2. The first-order valence-corrected chi connectivity index (χ1v) is 8.16. The number of hydrogen-bond acceptors (Lipinski definition) is 3. The minimum absolute atomic E-state index is 0.0484. The number of hydrogen-bond donors (Lipinski definition) is 1. The second kappa shape index (κ2) is 6.32. The molecule has 0 aliphatic carbocycles. The molecule has 1 unspecified atom stereocenters. The molecule has 1 atom stereocenters. The van der Waals surface area contributed by atoms with Crippen molar-refractivity contribution in [3.63, 3.8) is 0 Å². The first-order chi connectivity index (χ1) is 12.3. The van der Waals surface area contributed by atoms with Crippen molar-refractivity contribution in [2.75, 3.05) is 17.3 Å². The molecule has 25 heavy (non-hydrogen) atoms. The molecule has 1 N–H and O–H groups in total. The molecule has 4 nitrogen and oxygen atoms in total. The lowest BCUT2D eigenvalue weighted by Crippen LogP contribution is -2.43. The molecule has 1 amide bonds. The largest absolute Gasteiger partial charge is 0.495 e. The molecule has 3 aromatic rings. The highest BCUT2D eigenvalue weighted by Gasteiger charge is 2.35. The summed E-state index contributed by atoms with van der Waals surface area (Å²) in [7, 11) is 1.62. The fraction of sp³-hybridized carbons (Fsp3) is 0.0952. The first kappa shape index (κ1) is 15.3. The molecule has 0 saturated heterocycles. The average Bonchev–Trinajstić information content (AvgIpc) is 2.68. The molecular formula is C21H18N2O2. The molecule has 1 aliphatic rings. The van der Waals surface area contributed by atoms with Crippen LogP contribution >= 0.6 is 0 Å². The van der Waals surface area contributed by atoms with Gasteiger partial charge in [0.2, 0.25) is 0 Å². The molecule has 3 aromatic carbocycles. The highest BCUT2D eigenvalue weighted by Crippen LogP contribution is 2.40. The Bertz CT molecular complexity index is 909. The van der Waals surface area contributed by atoms with E-state index in [-0.39, 0.29) is 12.1 Å². The van der Waals surface area contributed by atoms with Crippen LogP contribution in [-0.4, -0.2) is 13.0 Å². The Morgan fingerprint density at radius 2 is 1.56 bits per heavy atom. The molecule has 0 bridgehead atoms. The number of rotatable bonds is 3. The van der Waals surface area contributed by atoms with Crippen LogP contribution < -0.4 is 15.0 Å². The van der Waals surface area contributed by atoms with Gasteiger partial charge in [0.05, 0.1) is 18.4 Å². The third-order valence-electron chi connectivity index (χ3n) is 4.39. The lowest BCUT2D eigenvalue weighted by Gasteiger charge is -2.38. The van der Waals surface area contributed by atoms with Gasteiger partial charge in [-0.15, -0.1) is 0 Å². The summed E-state index contributed by atoms with van der Waals surface area (Å²) in [5.41, 5.74) is 3.25.